The number of hydrogen-bond donors (Lipinski definition) is 1. The first-order valence-corrected chi connectivity index (χ1v) is 6.91. The fraction of sp³-hybridized carbons (Fsp3) is 0.467. The zero-order valence-corrected chi connectivity index (χ0v) is 12.0. The van der Waals surface area contributed by atoms with Crippen LogP contribution in [0.25, 0.3) is 11.4 Å². The average Bonchev–Trinajstić information content (AvgIpc) is 2.81. The summed E-state index contributed by atoms with van der Waals surface area (Å²) in [6.07, 6.45) is 1.03. The van der Waals surface area contributed by atoms with Gasteiger partial charge < -0.3 is 5.32 Å². The van der Waals surface area contributed by atoms with Crippen LogP contribution in [-0.4, -0.2) is 21.3 Å². The molecule has 1 N–H and O–H groups in total. The standard InChI is InChI=1S/C15H19FN4/c1-15(2,3)12-8-9-17-14-18-13(19-20(12)14)10-4-6-11(16)7-5-10/h4-7,12H,8-9H2,1-3H3,(H,17,18,19). The van der Waals surface area contributed by atoms with Crippen LogP contribution in [0.1, 0.15) is 33.2 Å². The van der Waals surface area contributed by atoms with Crippen LogP contribution < -0.4 is 5.32 Å². The van der Waals surface area contributed by atoms with E-state index in [2.05, 4.69) is 36.2 Å². The van der Waals surface area contributed by atoms with Gasteiger partial charge in [-0.05, 0) is 36.1 Å². The highest BCUT2D eigenvalue weighted by Gasteiger charge is 2.32. The van der Waals surface area contributed by atoms with Gasteiger partial charge in [0.1, 0.15) is 5.82 Å². The second kappa shape index (κ2) is 4.58. The molecule has 0 fully saturated rings. The van der Waals surface area contributed by atoms with Crippen molar-refractivity contribution in [3.63, 3.8) is 0 Å². The van der Waals surface area contributed by atoms with E-state index in [1.807, 2.05) is 4.68 Å². The quantitative estimate of drug-likeness (QED) is 0.865. The summed E-state index contributed by atoms with van der Waals surface area (Å²) in [7, 11) is 0. The molecule has 2 aromatic rings. The molecule has 0 saturated carbocycles. The van der Waals surface area contributed by atoms with Crippen molar-refractivity contribution in [2.45, 2.75) is 33.2 Å². The lowest BCUT2D eigenvalue weighted by atomic mass is 9.84. The van der Waals surface area contributed by atoms with Crippen molar-refractivity contribution in [1.82, 2.24) is 14.8 Å². The zero-order valence-electron chi connectivity index (χ0n) is 12.0. The Balaban J connectivity index is 2.01. The molecule has 0 amide bonds. The van der Waals surface area contributed by atoms with Crippen molar-refractivity contribution in [2.24, 2.45) is 5.41 Å². The highest BCUT2D eigenvalue weighted by Crippen LogP contribution is 2.37. The third-order valence-corrected chi connectivity index (χ3v) is 3.73. The van der Waals surface area contributed by atoms with Crippen molar-refractivity contribution in [3.05, 3.63) is 30.1 Å². The van der Waals surface area contributed by atoms with Crippen LogP contribution in [0, 0.1) is 11.2 Å². The van der Waals surface area contributed by atoms with Gasteiger partial charge in [-0.2, -0.15) is 4.98 Å². The molecular formula is C15H19FN4. The predicted octanol–water partition coefficient (Wildman–Crippen LogP) is 3.49. The molecule has 5 heteroatoms. The van der Waals surface area contributed by atoms with E-state index in [0.717, 1.165) is 24.5 Å². The second-order valence-electron chi connectivity index (χ2n) is 6.31. The normalized spacial score (nSPS) is 18.5. The monoisotopic (exact) mass is 274 g/mol. The molecule has 0 spiro atoms. The molecule has 3 rings (SSSR count). The van der Waals surface area contributed by atoms with Crippen LogP contribution >= 0.6 is 0 Å². The number of halogens is 1. The Morgan fingerprint density at radius 2 is 1.95 bits per heavy atom. The molecule has 0 saturated heterocycles. The zero-order chi connectivity index (χ0) is 14.3. The summed E-state index contributed by atoms with van der Waals surface area (Å²) in [6.45, 7) is 7.55. The van der Waals surface area contributed by atoms with Crippen LogP contribution in [0.5, 0.6) is 0 Å². The van der Waals surface area contributed by atoms with Gasteiger partial charge >= 0.3 is 0 Å². The number of aromatic nitrogens is 3. The van der Waals surface area contributed by atoms with Gasteiger partial charge in [-0.1, -0.05) is 20.8 Å². The fourth-order valence-corrected chi connectivity index (χ4v) is 2.63. The van der Waals surface area contributed by atoms with E-state index in [1.54, 1.807) is 12.1 Å². The third-order valence-electron chi connectivity index (χ3n) is 3.73. The SMILES string of the molecule is CC(C)(C)C1CCNc2nc(-c3ccc(F)cc3)nn21. The van der Waals surface area contributed by atoms with Gasteiger partial charge in [0.05, 0.1) is 6.04 Å². The minimum absolute atomic E-state index is 0.130. The van der Waals surface area contributed by atoms with Crippen molar-refractivity contribution in [3.8, 4) is 11.4 Å². The maximum Gasteiger partial charge on any atom is 0.221 e. The number of anilines is 1. The highest BCUT2D eigenvalue weighted by atomic mass is 19.1. The molecule has 1 aliphatic heterocycles. The lowest BCUT2D eigenvalue weighted by Gasteiger charge is -2.34. The van der Waals surface area contributed by atoms with Gasteiger partial charge in [-0.15, -0.1) is 5.10 Å². The Hall–Kier alpha value is -1.91. The van der Waals surface area contributed by atoms with Crippen molar-refractivity contribution in [1.29, 1.82) is 0 Å². The van der Waals surface area contributed by atoms with Crippen LogP contribution in [0.3, 0.4) is 0 Å². The third kappa shape index (κ3) is 2.28. The first-order chi connectivity index (χ1) is 9.45. The minimum Gasteiger partial charge on any atom is -0.354 e. The maximum atomic E-state index is 13.0. The molecule has 0 bridgehead atoms. The minimum atomic E-state index is -0.247. The topological polar surface area (TPSA) is 42.7 Å². The summed E-state index contributed by atoms with van der Waals surface area (Å²) in [6, 6.07) is 6.61. The molecule has 20 heavy (non-hydrogen) atoms. The first kappa shape index (κ1) is 13.1. The molecule has 1 aliphatic rings. The maximum absolute atomic E-state index is 13.0. The summed E-state index contributed by atoms with van der Waals surface area (Å²) < 4.78 is 15.0. The summed E-state index contributed by atoms with van der Waals surface area (Å²) in [5.74, 6) is 1.20. The van der Waals surface area contributed by atoms with Crippen molar-refractivity contribution in [2.75, 3.05) is 11.9 Å². The largest absolute Gasteiger partial charge is 0.354 e. The number of rotatable bonds is 1. The molecule has 1 aromatic heterocycles. The molecule has 4 nitrogen and oxygen atoms in total. The van der Waals surface area contributed by atoms with Crippen LogP contribution in [0.2, 0.25) is 0 Å². The van der Waals surface area contributed by atoms with Gasteiger partial charge in [-0.3, -0.25) is 0 Å². The van der Waals surface area contributed by atoms with E-state index in [4.69, 9.17) is 0 Å². The van der Waals surface area contributed by atoms with Crippen LogP contribution in [-0.2, 0) is 0 Å². The molecule has 2 heterocycles. The molecule has 0 radical (unpaired) electrons. The van der Waals surface area contributed by atoms with Crippen LogP contribution in [0.15, 0.2) is 24.3 Å². The number of fused-ring (bicyclic) bond motifs is 1. The number of hydrogen-bond acceptors (Lipinski definition) is 3. The van der Waals surface area contributed by atoms with E-state index < -0.39 is 0 Å². The Morgan fingerprint density at radius 3 is 2.60 bits per heavy atom. The number of nitrogens with zero attached hydrogens (tertiary/aromatic N) is 3. The second-order valence-corrected chi connectivity index (χ2v) is 6.31. The Bertz CT molecular complexity index is 610. The van der Waals surface area contributed by atoms with Crippen LogP contribution in [0.4, 0.5) is 10.3 Å². The van der Waals surface area contributed by atoms with E-state index in [1.165, 1.54) is 12.1 Å². The lowest BCUT2D eigenvalue weighted by molar-refractivity contribution is 0.210. The Labute approximate surface area is 118 Å². The van der Waals surface area contributed by atoms with Gasteiger partial charge in [0.25, 0.3) is 0 Å². The molecule has 0 aliphatic carbocycles. The highest BCUT2D eigenvalue weighted by molar-refractivity contribution is 5.56. The smallest absolute Gasteiger partial charge is 0.221 e. The molecule has 1 unspecified atom stereocenters. The van der Waals surface area contributed by atoms with E-state index in [9.17, 15) is 4.39 Å². The molecular weight excluding hydrogens is 255 g/mol. The van der Waals surface area contributed by atoms with Gasteiger partial charge in [0.15, 0.2) is 5.82 Å². The summed E-state index contributed by atoms with van der Waals surface area (Å²) in [5.41, 5.74) is 0.965. The molecule has 1 aromatic carbocycles. The van der Waals surface area contributed by atoms with E-state index in [-0.39, 0.29) is 11.2 Å². The molecule has 1 atom stereocenters. The van der Waals surface area contributed by atoms with Crippen molar-refractivity contribution >= 4 is 5.95 Å². The predicted molar refractivity (Wildman–Crippen MR) is 77.0 cm³/mol. The lowest BCUT2D eigenvalue weighted by Crippen LogP contribution is -2.32. The summed E-state index contributed by atoms with van der Waals surface area (Å²) in [4.78, 5) is 4.53. The average molecular weight is 274 g/mol. The number of benzene rings is 1. The summed E-state index contributed by atoms with van der Waals surface area (Å²) >= 11 is 0. The van der Waals surface area contributed by atoms with Gasteiger partial charge in [0, 0.05) is 12.1 Å². The molecule has 106 valence electrons. The fourth-order valence-electron chi connectivity index (χ4n) is 2.63. The van der Waals surface area contributed by atoms with Crippen molar-refractivity contribution < 1.29 is 4.39 Å². The summed E-state index contributed by atoms with van der Waals surface area (Å²) in [5, 5.41) is 7.90. The number of nitrogens with one attached hydrogen (secondary N) is 1. The first-order valence-electron chi connectivity index (χ1n) is 6.91. The van der Waals surface area contributed by atoms with E-state index >= 15 is 0 Å². The Kier molecular flexibility index (Phi) is 3.00. The van der Waals surface area contributed by atoms with Gasteiger partial charge in [0.2, 0.25) is 5.95 Å². The Morgan fingerprint density at radius 1 is 1.25 bits per heavy atom. The van der Waals surface area contributed by atoms with Gasteiger partial charge in [-0.25, -0.2) is 9.07 Å². The van der Waals surface area contributed by atoms with E-state index in [0.29, 0.717) is 11.9 Å².